The first-order chi connectivity index (χ1) is 14.7. The number of halogens is 1. The molecule has 1 aromatic heterocycles. The van der Waals surface area contributed by atoms with Crippen molar-refractivity contribution in [1.29, 1.82) is 0 Å². The van der Waals surface area contributed by atoms with Gasteiger partial charge in [0.1, 0.15) is 5.75 Å². The van der Waals surface area contributed by atoms with Gasteiger partial charge in [-0.1, -0.05) is 18.2 Å². The van der Waals surface area contributed by atoms with Crippen molar-refractivity contribution in [2.45, 2.75) is 32.4 Å². The normalized spacial score (nSPS) is 18.2. The average molecular weight is 559 g/mol. The van der Waals surface area contributed by atoms with Crippen LogP contribution in [0.15, 0.2) is 46.8 Å². The predicted octanol–water partition coefficient (Wildman–Crippen LogP) is 3.93. The molecule has 0 aliphatic carbocycles. The van der Waals surface area contributed by atoms with Crippen molar-refractivity contribution < 1.29 is 9.47 Å². The summed E-state index contributed by atoms with van der Waals surface area (Å²) in [6, 6.07) is 12.9. The lowest BCUT2D eigenvalue weighted by molar-refractivity contribution is -0.0327. The van der Waals surface area contributed by atoms with E-state index in [2.05, 4.69) is 59.0 Å². The monoisotopic (exact) mass is 558 g/mol. The molecule has 1 saturated heterocycles. The van der Waals surface area contributed by atoms with E-state index in [1.165, 1.54) is 10.4 Å². The minimum absolute atomic E-state index is 0. The number of methoxy groups -OCH3 is 1. The summed E-state index contributed by atoms with van der Waals surface area (Å²) in [6.45, 7) is 9.32. The van der Waals surface area contributed by atoms with Crippen LogP contribution in [0.2, 0.25) is 0 Å². The molecule has 2 heterocycles. The molecule has 1 aliphatic rings. The summed E-state index contributed by atoms with van der Waals surface area (Å²) in [5.74, 6) is 1.76. The standard InChI is InChI=1S/C23H34N4O2S.HI/c1-4-24-23(25-12-11-19-7-9-20(28-3)10-8-19)26-16-21(22-6-5-15-30-22)27-13-14-29-18(2)17-27;/h5-10,15,18,21H,4,11-14,16-17H2,1-3H3,(H2,24,25,26);1H. The molecule has 1 aliphatic heterocycles. The van der Waals surface area contributed by atoms with Gasteiger partial charge in [-0.15, -0.1) is 35.3 Å². The topological polar surface area (TPSA) is 58.1 Å². The van der Waals surface area contributed by atoms with Gasteiger partial charge in [-0.3, -0.25) is 9.89 Å². The lowest BCUT2D eigenvalue weighted by atomic mass is 10.1. The Bertz CT molecular complexity index is 770. The van der Waals surface area contributed by atoms with E-state index in [0.717, 1.165) is 57.5 Å². The minimum atomic E-state index is 0. The number of ether oxygens (including phenoxy) is 2. The molecule has 1 fully saturated rings. The van der Waals surface area contributed by atoms with Gasteiger partial charge >= 0.3 is 0 Å². The number of rotatable bonds is 9. The fraction of sp³-hybridized carbons (Fsp3) is 0.522. The van der Waals surface area contributed by atoms with Gasteiger partial charge in [0.05, 0.1) is 32.4 Å². The van der Waals surface area contributed by atoms with Gasteiger partial charge in [-0.25, -0.2) is 0 Å². The van der Waals surface area contributed by atoms with Crippen molar-refractivity contribution >= 4 is 41.3 Å². The van der Waals surface area contributed by atoms with Gasteiger partial charge in [-0.2, -0.15) is 0 Å². The van der Waals surface area contributed by atoms with E-state index in [4.69, 9.17) is 14.5 Å². The third-order valence-electron chi connectivity index (χ3n) is 5.22. The summed E-state index contributed by atoms with van der Waals surface area (Å²) >= 11 is 1.81. The molecule has 1 aromatic carbocycles. The Labute approximate surface area is 207 Å². The largest absolute Gasteiger partial charge is 0.497 e. The molecular formula is C23H35IN4O2S. The second-order valence-electron chi connectivity index (χ2n) is 7.45. The predicted molar refractivity (Wildman–Crippen MR) is 140 cm³/mol. The van der Waals surface area contributed by atoms with Gasteiger partial charge in [0.2, 0.25) is 0 Å². The molecule has 2 aromatic rings. The maximum Gasteiger partial charge on any atom is 0.191 e. The zero-order valence-corrected chi connectivity index (χ0v) is 21.8. The quantitative estimate of drug-likeness (QED) is 0.278. The van der Waals surface area contributed by atoms with E-state index in [1.54, 1.807) is 18.4 Å². The van der Waals surface area contributed by atoms with Crippen molar-refractivity contribution in [3.63, 3.8) is 0 Å². The zero-order chi connectivity index (χ0) is 21.2. The molecule has 2 N–H and O–H groups in total. The Morgan fingerprint density at radius 3 is 2.74 bits per heavy atom. The van der Waals surface area contributed by atoms with E-state index in [1.807, 2.05) is 12.1 Å². The fourth-order valence-corrected chi connectivity index (χ4v) is 4.48. The number of benzene rings is 1. The lowest BCUT2D eigenvalue weighted by Crippen LogP contribution is -2.44. The number of guanidine groups is 1. The number of hydrogen-bond donors (Lipinski definition) is 2. The Hall–Kier alpha value is -1.36. The van der Waals surface area contributed by atoms with Crippen LogP contribution in [0.4, 0.5) is 0 Å². The summed E-state index contributed by atoms with van der Waals surface area (Å²) in [6.07, 6.45) is 1.20. The van der Waals surface area contributed by atoms with Gasteiger partial charge in [0.15, 0.2) is 5.96 Å². The van der Waals surface area contributed by atoms with Gasteiger partial charge in [-0.05, 0) is 49.4 Å². The Balaban J connectivity index is 0.00000341. The Kier molecular flexibility index (Phi) is 11.6. The summed E-state index contributed by atoms with van der Waals surface area (Å²) < 4.78 is 11.0. The highest BCUT2D eigenvalue weighted by Crippen LogP contribution is 2.27. The number of hydrogen-bond acceptors (Lipinski definition) is 5. The maximum atomic E-state index is 5.74. The average Bonchev–Trinajstić information content (AvgIpc) is 3.29. The zero-order valence-electron chi connectivity index (χ0n) is 18.7. The maximum absolute atomic E-state index is 5.74. The van der Waals surface area contributed by atoms with Gasteiger partial charge in [0.25, 0.3) is 0 Å². The molecule has 172 valence electrons. The summed E-state index contributed by atoms with van der Waals surface area (Å²) in [4.78, 5) is 8.79. The number of thiophene rings is 1. The van der Waals surface area contributed by atoms with E-state index >= 15 is 0 Å². The van der Waals surface area contributed by atoms with Crippen LogP contribution in [-0.2, 0) is 11.2 Å². The summed E-state index contributed by atoms with van der Waals surface area (Å²) in [5.41, 5.74) is 1.28. The van der Waals surface area contributed by atoms with Gasteiger partial charge in [0, 0.05) is 31.1 Å². The number of aliphatic imine (C=N–C) groups is 1. The van der Waals surface area contributed by atoms with Crippen molar-refractivity contribution in [2.24, 2.45) is 4.99 Å². The first kappa shape index (κ1) is 25.9. The van der Waals surface area contributed by atoms with Gasteiger partial charge < -0.3 is 20.1 Å². The highest BCUT2D eigenvalue weighted by Gasteiger charge is 2.26. The van der Waals surface area contributed by atoms with Crippen LogP contribution in [0.1, 0.15) is 30.3 Å². The summed E-state index contributed by atoms with van der Waals surface area (Å²) in [5, 5.41) is 9.00. The molecule has 6 nitrogen and oxygen atoms in total. The molecule has 2 unspecified atom stereocenters. The molecular weight excluding hydrogens is 523 g/mol. The Morgan fingerprint density at radius 2 is 2.10 bits per heavy atom. The van der Waals surface area contributed by atoms with Crippen LogP contribution in [-0.4, -0.2) is 63.4 Å². The van der Waals surface area contributed by atoms with Crippen LogP contribution < -0.4 is 15.4 Å². The molecule has 31 heavy (non-hydrogen) atoms. The van der Waals surface area contributed by atoms with Crippen molar-refractivity contribution in [3.05, 3.63) is 52.2 Å². The third kappa shape index (κ3) is 8.25. The molecule has 3 rings (SSSR count). The van der Waals surface area contributed by atoms with E-state index in [-0.39, 0.29) is 36.1 Å². The molecule has 0 bridgehead atoms. The van der Waals surface area contributed by atoms with Crippen LogP contribution >= 0.6 is 35.3 Å². The summed E-state index contributed by atoms with van der Waals surface area (Å²) in [7, 11) is 1.69. The first-order valence-electron chi connectivity index (χ1n) is 10.7. The Morgan fingerprint density at radius 1 is 1.29 bits per heavy atom. The van der Waals surface area contributed by atoms with E-state index < -0.39 is 0 Å². The first-order valence-corrected chi connectivity index (χ1v) is 11.6. The number of nitrogens with zero attached hydrogens (tertiary/aromatic N) is 2. The van der Waals surface area contributed by atoms with Crippen molar-refractivity contribution in [1.82, 2.24) is 15.5 Å². The second-order valence-corrected chi connectivity index (χ2v) is 8.43. The number of morpholine rings is 1. The SMILES string of the molecule is CCNC(=NCC(c1cccs1)N1CCOC(C)C1)NCCc1ccc(OC)cc1.I. The second kappa shape index (κ2) is 13.9. The van der Waals surface area contributed by atoms with Crippen LogP contribution in [0, 0.1) is 0 Å². The molecule has 2 atom stereocenters. The van der Waals surface area contributed by atoms with Crippen LogP contribution in [0.5, 0.6) is 5.75 Å². The molecule has 0 saturated carbocycles. The van der Waals surface area contributed by atoms with E-state index in [0.29, 0.717) is 0 Å². The minimum Gasteiger partial charge on any atom is -0.497 e. The van der Waals surface area contributed by atoms with Crippen LogP contribution in [0.25, 0.3) is 0 Å². The highest BCUT2D eigenvalue weighted by molar-refractivity contribution is 14.0. The third-order valence-corrected chi connectivity index (χ3v) is 6.19. The van der Waals surface area contributed by atoms with E-state index in [9.17, 15) is 0 Å². The van der Waals surface area contributed by atoms with Crippen molar-refractivity contribution in [2.75, 3.05) is 46.4 Å². The smallest absolute Gasteiger partial charge is 0.191 e. The molecule has 0 radical (unpaired) electrons. The van der Waals surface area contributed by atoms with Crippen molar-refractivity contribution in [3.8, 4) is 5.75 Å². The lowest BCUT2D eigenvalue weighted by Gasteiger charge is -2.36. The fourth-order valence-electron chi connectivity index (χ4n) is 3.63. The molecule has 0 amide bonds. The van der Waals surface area contributed by atoms with Crippen LogP contribution in [0.3, 0.4) is 0 Å². The molecule has 0 spiro atoms. The number of nitrogens with one attached hydrogen (secondary N) is 2. The molecule has 8 heteroatoms. The highest BCUT2D eigenvalue weighted by atomic mass is 127.